The molecule has 0 aliphatic heterocycles. The number of nitrogens with zero attached hydrogens (tertiary/aromatic N) is 4. The number of hydrogen-bond donors (Lipinski definition) is 0. The Bertz CT molecular complexity index is 1140. The summed E-state index contributed by atoms with van der Waals surface area (Å²) in [6.07, 6.45) is 4.70. The molecule has 0 fully saturated rings. The third-order valence-corrected chi connectivity index (χ3v) is 3.81. The average Bonchev–Trinajstić information content (AvgIpc) is 2.61. The minimum absolute atomic E-state index is 0.00583. The maximum Gasteiger partial charge on any atom is 0.330 e. The first kappa shape index (κ1) is 16.3. The summed E-state index contributed by atoms with van der Waals surface area (Å²) in [4.78, 5) is 38.5. The molecule has 0 aliphatic carbocycles. The molecule has 0 saturated carbocycles. The summed E-state index contributed by atoms with van der Waals surface area (Å²) in [5.74, 6) is 0. The molecule has 2 heterocycles. The van der Waals surface area contributed by atoms with Gasteiger partial charge in [-0.25, -0.2) is 9.78 Å². The SMILES string of the molecule is Cn1cc(/C=C/c2ccc3cc([N+](=O)[O-])ccc3n2)c(=O)n(C)c1=O. The molecule has 0 bridgehead atoms. The number of aromatic nitrogens is 3. The number of aryl methyl sites for hydroxylation is 1. The van der Waals surface area contributed by atoms with E-state index in [9.17, 15) is 19.7 Å². The topological polar surface area (TPSA) is 100 Å². The van der Waals surface area contributed by atoms with Gasteiger partial charge in [-0.3, -0.25) is 19.5 Å². The summed E-state index contributed by atoms with van der Waals surface area (Å²) in [5, 5.41) is 11.5. The lowest BCUT2D eigenvalue weighted by molar-refractivity contribution is -0.384. The van der Waals surface area contributed by atoms with Gasteiger partial charge in [-0.1, -0.05) is 6.07 Å². The summed E-state index contributed by atoms with van der Waals surface area (Å²) in [6, 6.07) is 7.86. The first-order valence-corrected chi connectivity index (χ1v) is 7.37. The van der Waals surface area contributed by atoms with Crippen LogP contribution in [0.4, 0.5) is 5.69 Å². The van der Waals surface area contributed by atoms with Crippen LogP contribution in [-0.2, 0) is 14.1 Å². The molecule has 0 aliphatic rings. The summed E-state index contributed by atoms with van der Waals surface area (Å²) in [7, 11) is 2.99. The third kappa shape index (κ3) is 3.09. The molecule has 0 saturated heterocycles. The highest BCUT2D eigenvalue weighted by atomic mass is 16.6. The van der Waals surface area contributed by atoms with E-state index in [1.807, 2.05) is 0 Å². The van der Waals surface area contributed by atoms with Gasteiger partial charge < -0.3 is 4.57 Å². The fraction of sp³-hybridized carbons (Fsp3) is 0.118. The molecule has 25 heavy (non-hydrogen) atoms. The van der Waals surface area contributed by atoms with Crippen LogP contribution in [0, 0.1) is 10.1 Å². The molecule has 0 radical (unpaired) electrons. The van der Waals surface area contributed by atoms with Crippen LogP contribution in [0.5, 0.6) is 0 Å². The lowest BCUT2D eigenvalue weighted by atomic mass is 10.1. The standard InChI is InChI=1S/C17H14N4O4/c1-19-10-12(16(22)20(2)17(19)23)4-6-13-5-3-11-9-14(21(24)25)7-8-15(11)18-13/h3-10H,1-2H3/b6-4+. The van der Waals surface area contributed by atoms with Crippen molar-refractivity contribution in [3.8, 4) is 0 Å². The average molecular weight is 338 g/mol. The first-order chi connectivity index (χ1) is 11.9. The van der Waals surface area contributed by atoms with Gasteiger partial charge in [0.25, 0.3) is 11.2 Å². The van der Waals surface area contributed by atoms with Crippen molar-refractivity contribution in [1.29, 1.82) is 0 Å². The monoisotopic (exact) mass is 338 g/mol. The number of non-ortho nitro benzene ring substituents is 1. The Morgan fingerprint density at radius 3 is 2.60 bits per heavy atom. The number of benzene rings is 1. The smallest absolute Gasteiger partial charge is 0.303 e. The van der Waals surface area contributed by atoms with Gasteiger partial charge in [0.1, 0.15) is 0 Å². The van der Waals surface area contributed by atoms with E-state index in [-0.39, 0.29) is 5.69 Å². The number of pyridine rings is 1. The molecule has 3 rings (SSSR count). The Hall–Kier alpha value is -3.55. The van der Waals surface area contributed by atoms with E-state index in [4.69, 9.17) is 0 Å². The van der Waals surface area contributed by atoms with Crippen LogP contribution in [0.2, 0.25) is 0 Å². The number of hydrogen-bond acceptors (Lipinski definition) is 5. The minimum atomic E-state index is -0.456. The summed E-state index contributed by atoms with van der Waals surface area (Å²) in [5.41, 5.74) is 0.781. The molecule has 0 spiro atoms. The van der Waals surface area contributed by atoms with Gasteiger partial charge in [0.2, 0.25) is 0 Å². The predicted octanol–water partition coefficient (Wildman–Crippen LogP) is 1.71. The summed E-state index contributed by atoms with van der Waals surface area (Å²) >= 11 is 0. The zero-order valence-corrected chi connectivity index (χ0v) is 13.5. The maximum absolute atomic E-state index is 12.1. The van der Waals surface area contributed by atoms with Crippen LogP contribution in [-0.4, -0.2) is 19.0 Å². The third-order valence-electron chi connectivity index (χ3n) is 3.81. The highest BCUT2D eigenvalue weighted by molar-refractivity contribution is 5.82. The van der Waals surface area contributed by atoms with Crippen LogP contribution in [0.1, 0.15) is 11.3 Å². The predicted molar refractivity (Wildman–Crippen MR) is 94.2 cm³/mol. The molecule has 2 aromatic heterocycles. The quantitative estimate of drug-likeness (QED) is 0.534. The molecule has 8 nitrogen and oxygen atoms in total. The minimum Gasteiger partial charge on any atom is -0.303 e. The number of nitro groups is 1. The second kappa shape index (κ2) is 6.16. The molecule has 126 valence electrons. The van der Waals surface area contributed by atoms with E-state index in [2.05, 4.69) is 4.98 Å². The molecular formula is C17H14N4O4. The molecule has 8 heteroatoms. The Morgan fingerprint density at radius 1 is 1.12 bits per heavy atom. The molecule has 0 atom stereocenters. The number of fused-ring (bicyclic) bond motifs is 1. The summed E-state index contributed by atoms with van der Waals surface area (Å²) in [6.45, 7) is 0. The van der Waals surface area contributed by atoms with Crippen LogP contribution in [0.25, 0.3) is 23.1 Å². The van der Waals surface area contributed by atoms with Gasteiger partial charge in [-0.2, -0.15) is 0 Å². The Balaban J connectivity index is 2.00. The van der Waals surface area contributed by atoms with Crippen LogP contribution < -0.4 is 11.2 Å². The van der Waals surface area contributed by atoms with Crippen molar-refractivity contribution >= 4 is 28.7 Å². The van der Waals surface area contributed by atoms with Crippen molar-refractivity contribution in [2.45, 2.75) is 0 Å². The van der Waals surface area contributed by atoms with Crippen molar-refractivity contribution in [2.75, 3.05) is 0 Å². The van der Waals surface area contributed by atoms with Crippen molar-refractivity contribution in [2.24, 2.45) is 14.1 Å². The Morgan fingerprint density at radius 2 is 1.88 bits per heavy atom. The molecule has 0 N–H and O–H groups in total. The first-order valence-electron chi connectivity index (χ1n) is 7.37. The largest absolute Gasteiger partial charge is 0.330 e. The van der Waals surface area contributed by atoms with Gasteiger partial charge in [0.05, 0.1) is 21.7 Å². The normalized spacial score (nSPS) is 11.3. The zero-order chi connectivity index (χ0) is 18.1. The van der Waals surface area contributed by atoms with E-state index in [1.54, 1.807) is 37.4 Å². The highest BCUT2D eigenvalue weighted by Gasteiger charge is 2.07. The van der Waals surface area contributed by atoms with Crippen molar-refractivity contribution < 1.29 is 4.92 Å². The van der Waals surface area contributed by atoms with E-state index in [0.717, 1.165) is 4.57 Å². The van der Waals surface area contributed by atoms with E-state index < -0.39 is 16.2 Å². The van der Waals surface area contributed by atoms with Crippen LogP contribution in [0.3, 0.4) is 0 Å². The van der Waals surface area contributed by atoms with E-state index in [0.29, 0.717) is 22.2 Å². The molecule has 3 aromatic rings. The maximum atomic E-state index is 12.1. The van der Waals surface area contributed by atoms with Crippen LogP contribution in [0.15, 0.2) is 46.1 Å². The van der Waals surface area contributed by atoms with Crippen LogP contribution >= 0.6 is 0 Å². The molecule has 0 amide bonds. The van der Waals surface area contributed by atoms with Gasteiger partial charge in [-0.05, 0) is 24.3 Å². The fourth-order valence-electron chi connectivity index (χ4n) is 2.46. The second-order valence-electron chi connectivity index (χ2n) is 5.55. The second-order valence-corrected chi connectivity index (χ2v) is 5.55. The van der Waals surface area contributed by atoms with E-state index >= 15 is 0 Å². The van der Waals surface area contributed by atoms with E-state index in [1.165, 1.54) is 29.9 Å². The number of rotatable bonds is 3. The highest BCUT2D eigenvalue weighted by Crippen LogP contribution is 2.20. The molecule has 0 unspecified atom stereocenters. The fourth-order valence-corrected chi connectivity index (χ4v) is 2.46. The molecule has 1 aromatic carbocycles. The van der Waals surface area contributed by atoms with Crippen molar-refractivity contribution in [3.05, 3.63) is 78.7 Å². The number of nitro benzene ring substituents is 1. The van der Waals surface area contributed by atoms with Gasteiger partial charge >= 0.3 is 5.69 Å². The Kier molecular flexibility index (Phi) is 4.02. The van der Waals surface area contributed by atoms with Gasteiger partial charge in [0, 0.05) is 37.8 Å². The van der Waals surface area contributed by atoms with Gasteiger partial charge in [-0.15, -0.1) is 0 Å². The Labute approximate surface area is 141 Å². The lowest BCUT2D eigenvalue weighted by Gasteiger charge is -2.03. The van der Waals surface area contributed by atoms with Gasteiger partial charge in [0.15, 0.2) is 0 Å². The van der Waals surface area contributed by atoms with Crippen molar-refractivity contribution in [1.82, 2.24) is 14.1 Å². The van der Waals surface area contributed by atoms with Crippen molar-refractivity contribution in [3.63, 3.8) is 0 Å². The molecular weight excluding hydrogens is 324 g/mol. The zero-order valence-electron chi connectivity index (χ0n) is 13.5. The summed E-state index contributed by atoms with van der Waals surface area (Å²) < 4.78 is 2.36. The lowest BCUT2D eigenvalue weighted by Crippen LogP contribution is -2.37.